The Bertz CT molecular complexity index is 895. The fraction of sp³-hybridized carbons (Fsp3) is 0.364. The number of nitrogens with one attached hydrogen (secondary N) is 1. The highest BCUT2D eigenvalue weighted by molar-refractivity contribution is 6.62. The number of hydrogen-bond acceptors (Lipinski definition) is 5. The lowest BCUT2D eigenvalue weighted by Crippen LogP contribution is -2.41. The Morgan fingerprint density at radius 1 is 1.00 bits per heavy atom. The summed E-state index contributed by atoms with van der Waals surface area (Å²) >= 11 is 0. The lowest BCUT2D eigenvalue weighted by Gasteiger charge is -2.32. The Hall–Kier alpha value is -2.64. The molecule has 1 fully saturated rings. The van der Waals surface area contributed by atoms with Crippen LogP contribution in [-0.4, -0.2) is 37.3 Å². The molecule has 0 aromatic heterocycles. The predicted molar refractivity (Wildman–Crippen MR) is 112 cm³/mol. The van der Waals surface area contributed by atoms with Gasteiger partial charge in [-0.2, -0.15) is 0 Å². The molecule has 0 saturated carbocycles. The average molecular weight is 395 g/mol. The van der Waals surface area contributed by atoms with Crippen LogP contribution in [0.4, 0.5) is 5.69 Å². The SMILES string of the molecule is COC(=O)c1cc(NC(=O)Cc2ccccc2)cc(B2OC(C)(C)C(C)(C)O2)c1. The van der Waals surface area contributed by atoms with Crippen molar-refractivity contribution in [3.63, 3.8) is 0 Å². The zero-order valence-electron chi connectivity index (χ0n) is 17.4. The van der Waals surface area contributed by atoms with Crippen LogP contribution in [0, 0.1) is 0 Å². The van der Waals surface area contributed by atoms with Crippen LogP contribution in [0.1, 0.15) is 43.6 Å². The normalized spacial score (nSPS) is 17.1. The molecule has 0 bridgehead atoms. The lowest BCUT2D eigenvalue weighted by molar-refractivity contribution is -0.115. The molecule has 1 N–H and O–H groups in total. The first-order valence-electron chi connectivity index (χ1n) is 9.54. The van der Waals surface area contributed by atoms with E-state index >= 15 is 0 Å². The molecule has 1 amide bonds. The molecule has 152 valence electrons. The van der Waals surface area contributed by atoms with Crippen molar-refractivity contribution in [2.45, 2.75) is 45.3 Å². The minimum absolute atomic E-state index is 0.182. The number of carbonyl (C=O) groups is 2. The van der Waals surface area contributed by atoms with E-state index in [1.54, 1.807) is 18.2 Å². The van der Waals surface area contributed by atoms with E-state index in [0.29, 0.717) is 16.7 Å². The van der Waals surface area contributed by atoms with Gasteiger partial charge < -0.3 is 19.4 Å². The summed E-state index contributed by atoms with van der Waals surface area (Å²) in [6.45, 7) is 7.83. The van der Waals surface area contributed by atoms with Gasteiger partial charge in [0.2, 0.25) is 5.91 Å². The summed E-state index contributed by atoms with van der Waals surface area (Å²) in [5, 5.41) is 2.86. The van der Waals surface area contributed by atoms with Crippen LogP contribution in [0.3, 0.4) is 0 Å². The number of esters is 1. The maximum Gasteiger partial charge on any atom is 0.494 e. The van der Waals surface area contributed by atoms with Crippen molar-refractivity contribution in [2.24, 2.45) is 0 Å². The summed E-state index contributed by atoms with van der Waals surface area (Å²) in [4.78, 5) is 24.6. The fourth-order valence-corrected chi connectivity index (χ4v) is 3.06. The second kappa shape index (κ2) is 8.01. The molecule has 3 rings (SSSR count). The van der Waals surface area contributed by atoms with E-state index in [-0.39, 0.29) is 12.3 Å². The first-order chi connectivity index (χ1) is 13.6. The first kappa shape index (κ1) is 21.1. The predicted octanol–water partition coefficient (Wildman–Crippen LogP) is 2.95. The van der Waals surface area contributed by atoms with Crippen molar-refractivity contribution in [2.75, 3.05) is 12.4 Å². The molecular weight excluding hydrogens is 369 g/mol. The molecule has 0 unspecified atom stereocenters. The van der Waals surface area contributed by atoms with Gasteiger partial charge in [0, 0.05) is 5.69 Å². The number of amides is 1. The van der Waals surface area contributed by atoms with Crippen LogP contribution < -0.4 is 10.8 Å². The Balaban J connectivity index is 1.86. The highest BCUT2D eigenvalue weighted by Gasteiger charge is 2.51. The van der Waals surface area contributed by atoms with E-state index < -0.39 is 24.3 Å². The third kappa shape index (κ3) is 4.69. The van der Waals surface area contributed by atoms with Crippen LogP contribution in [0.2, 0.25) is 0 Å². The van der Waals surface area contributed by atoms with Gasteiger partial charge in [0.15, 0.2) is 0 Å². The van der Waals surface area contributed by atoms with Crippen LogP contribution >= 0.6 is 0 Å². The highest BCUT2D eigenvalue weighted by atomic mass is 16.7. The molecule has 6 nitrogen and oxygen atoms in total. The first-order valence-corrected chi connectivity index (χ1v) is 9.54. The number of carbonyl (C=O) groups excluding carboxylic acids is 2. The third-order valence-corrected chi connectivity index (χ3v) is 5.39. The minimum atomic E-state index is -0.658. The molecule has 1 heterocycles. The standard InChI is InChI=1S/C22H26BNO5/c1-21(2)22(3,4)29-23(28-21)17-12-16(20(26)27-5)13-18(14-17)24-19(25)11-15-9-7-6-8-10-15/h6-10,12-14H,11H2,1-5H3,(H,24,25). The quantitative estimate of drug-likeness (QED) is 0.623. The molecule has 0 aliphatic carbocycles. The van der Waals surface area contributed by atoms with Crippen molar-refractivity contribution in [1.29, 1.82) is 0 Å². The molecule has 0 spiro atoms. The number of benzene rings is 2. The van der Waals surface area contributed by atoms with Gasteiger partial charge >= 0.3 is 13.1 Å². The van der Waals surface area contributed by atoms with E-state index in [0.717, 1.165) is 5.56 Å². The number of methoxy groups -OCH3 is 1. The molecule has 1 saturated heterocycles. The monoisotopic (exact) mass is 395 g/mol. The fourth-order valence-electron chi connectivity index (χ4n) is 3.06. The van der Waals surface area contributed by atoms with Gasteiger partial charge in [0.1, 0.15) is 0 Å². The summed E-state index contributed by atoms with van der Waals surface area (Å²) in [6.07, 6.45) is 0.231. The molecule has 0 atom stereocenters. The third-order valence-electron chi connectivity index (χ3n) is 5.39. The maximum atomic E-state index is 12.5. The van der Waals surface area contributed by atoms with Gasteiger partial charge in [-0.05, 0) is 56.9 Å². The second-order valence-electron chi connectivity index (χ2n) is 8.13. The van der Waals surface area contributed by atoms with Gasteiger partial charge in [-0.15, -0.1) is 0 Å². The van der Waals surface area contributed by atoms with Gasteiger partial charge in [-0.1, -0.05) is 30.3 Å². The van der Waals surface area contributed by atoms with E-state index in [2.05, 4.69) is 5.32 Å². The minimum Gasteiger partial charge on any atom is -0.465 e. The smallest absolute Gasteiger partial charge is 0.465 e. The van der Waals surface area contributed by atoms with Crippen LogP contribution in [-0.2, 0) is 25.3 Å². The second-order valence-corrected chi connectivity index (χ2v) is 8.13. The number of ether oxygens (including phenoxy) is 1. The number of anilines is 1. The summed E-state index contributed by atoms with van der Waals surface area (Å²) < 4.78 is 17.0. The summed E-state index contributed by atoms with van der Waals surface area (Å²) in [5.74, 6) is -0.681. The van der Waals surface area contributed by atoms with E-state index in [1.807, 2.05) is 58.0 Å². The van der Waals surface area contributed by atoms with Crippen LogP contribution in [0.25, 0.3) is 0 Å². The zero-order chi connectivity index (χ0) is 21.2. The van der Waals surface area contributed by atoms with Crippen LogP contribution in [0.15, 0.2) is 48.5 Å². The van der Waals surface area contributed by atoms with Crippen LogP contribution in [0.5, 0.6) is 0 Å². The number of hydrogen-bond donors (Lipinski definition) is 1. The summed E-state index contributed by atoms with van der Waals surface area (Å²) in [6, 6.07) is 14.5. The van der Waals surface area contributed by atoms with Gasteiger partial charge in [-0.3, -0.25) is 4.79 Å². The van der Waals surface area contributed by atoms with E-state index in [9.17, 15) is 9.59 Å². The molecule has 1 aliphatic heterocycles. The average Bonchev–Trinajstić information content (AvgIpc) is 2.89. The molecule has 0 radical (unpaired) electrons. The van der Waals surface area contributed by atoms with E-state index in [1.165, 1.54) is 7.11 Å². The maximum absolute atomic E-state index is 12.5. The Morgan fingerprint density at radius 2 is 1.62 bits per heavy atom. The number of rotatable bonds is 5. The van der Waals surface area contributed by atoms with Crippen molar-refractivity contribution >= 4 is 30.1 Å². The topological polar surface area (TPSA) is 73.9 Å². The summed E-state index contributed by atoms with van der Waals surface area (Å²) in [5.41, 5.74) is 1.31. The highest BCUT2D eigenvalue weighted by Crippen LogP contribution is 2.36. The molecule has 1 aliphatic rings. The van der Waals surface area contributed by atoms with Gasteiger partial charge in [-0.25, -0.2) is 4.79 Å². The molecule has 2 aromatic rings. The molecular formula is C22H26BNO5. The lowest BCUT2D eigenvalue weighted by atomic mass is 9.78. The van der Waals surface area contributed by atoms with Gasteiger partial charge in [0.25, 0.3) is 0 Å². The van der Waals surface area contributed by atoms with E-state index in [4.69, 9.17) is 14.0 Å². The molecule has 29 heavy (non-hydrogen) atoms. The molecule has 2 aromatic carbocycles. The van der Waals surface area contributed by atoms with Crippen molar-refractivity contribution in [1.82, 2.24) is 0 Å². The van der Waals surface area contributed by atoms with Crippen molar-refractivity contribution < 1.29 is 23.6 Å². The Labute approximate surface area is 171 Å². The van der Waals surface area contributed by atoms with Crippen molar-refractivity contribution in [3.05, 3.63) is 59.7 Å². The zero-order valence-corrected chi connectivity index (χ0v) is 17.4. The summed E-state index contributed by atoms with van der Waals surface area (Å²) in [7, 11) is 0.659. The molecule has 7 heteroatoms. The Kier molecular flexibility index (Phi) is 5.82. The largest absolute Gasteiger partial charge is 0.494 e. The Morgan fingerprint density at radius 3 is 2.21 bits per heavy atom. The van der Waals surface area contributed by atoms with Gasteiger partial charge in [0.05, 0.1) is 30.3 Å². The van der Waals surface area contributed by atoms with Crippen molar-refractivity contribution in [3.8, 4) is 0 Å².